The normalized spacial score (nSPS) is 11.7. The molecule has 0 fully saturated rings. The Morgan fingerprint density at radius 3 is 2.50 bits per heavy atom. The number of oxime groups is 1. The molecule has 0 heterocycles. The standard InChI is InChI=1S/C12H15ClN2O3/c1-6(2)11(16)7-5-10(18-3)8(4-9(7)13)12(14)15-17/h4-6,17H,1-3H3,(H2,14,15). The average Bonchev–Trinajstić information content (AvgIpc) is 2.36. The van der Waals surface area contributed by atoms with E-state index < -0.39 is 0 Å². The van der Waals surface area contributed by atoms with E-state index in [1.54, 1.807) is 13.8 Å². The van der Waals surface area contributed by atoms with Crippen LogP contribution < -0.4 is 10.5 Å². The van der Waals surface area contributed by atoms with Gasteiger partial charge in [-0.15, -0.1) is 0 Å². The van der Waals surface area contributed by atoms with Crippen molar-refractivity contribution < 1.29 is 14.7 Å². The molecule has 0 amide bonds. The first-order valence-corrected chi connectivity index (χ1v) is 5.69. The van der Waals surface area contributed by atoms with Crippen LogP contribution in [0.5, 0.6) is 5.75 Å². The summed E-state index contributed by atoms with van der Waals surface area (Å²) in [6.45, 7) is 3.56. The molecule has 0 aliphatic heterocycles. The minimum absolute atomic E-state index is 0.0932. The molecule has 3 N–H and O–H groups in total. The van der Waals surface area contributed by atoms with Gasteiger partial charge < -0.3 is 15.7 Å². The quantitative estimate of drug-likeness (QED) is 0.289. The van der Waals surface area contributed by atoms with Gasteiger partial charge in [-0.25, -0.2) is 0 Å². The number of rotatable bonds is 4. The number of nitrogens with zero attached hydrogens (tertiary/aromatic N) is 1. The van der Waals surface area contributed by atoms with Crippen LogP contribution in [-0.4, -0.2) is 23.9 Å². The number of nitrogens with two attached hydrogens (primary N) is 1. The summed E-state index contributed by atoms with van der Waals surface area (Å²) >= 11 is 6.03. The summed E-state index contributed by atoms with van der Waals surface area (Å²) in [5.74, 6) is -0.0673. The van der Waals surface area contributed by atoms with Crippen molar-refractivity contribution in [2.75, 3.05) is 7.11 Å². The van der Waals surface area contributed by atoms with Crippen LogP contribution in [0.15, 0.2) is 17.3 Å². The van der Waals surface area contributed by atoms with Gasteiger partial charge in [-0.1, -0.05) is 30.6 Å². The molecule has 1 rings (SSSR count). The number of ketones is 1. The lowest BCUT2D eigenvalue weighted by molar-refractivity contribution is 0.0939. The van der Waals surface area contributed by atoms with Gasteiger partial charge in [0.25, 0.3) is 0 Å². The molecule has 0 spiro atoms. The van der Waals surface area contributed by atoms with Crippen molar-refractivity contribution in [1.29, 1.82) is 0 Å². The van der Waals surface area contributed by atoms with Crippen molar-refractivity contribution in [1.82, 2.24) is 0 Å². The molecule has 0 radical (unpaired) electrons. The number of benzene rings is 1. The van der Waals surface area contributed by atoms with Crippen LogP contribution in [0.25, 0.3) is 0 Å². The number of halogens is 1. The Balaban J connectivity index is 3.40. The van der Waals surface area contributed by atoms with E-state index in [1.165, 1.54) is 19.2 Å². The van der Waals surface area contributed by atoms with Crippen LogP contribution in [-0.2, 0) is 0 Å². The van der Waals surface area contributed by atoms with E-state index in [9.17, 15) is 4.79 Å². The lowest BCUT2D eigenvalue weighted by Gasteiger charge is -2.12. The van der Waals surface area contributed by atoms with Gasteiger partial charge in [-0.3, -0.25) is 4.79 Å². The van der Waals surface area contributed by atoms with Gasteiger partial charge in [0.15, 0.2) is 11.6 Å². The number of Topliss-reactive ketones (excluding diaryl/α,β-unsaturated/α-hetero) is 1. The number of methoxy groups -OCH3 is 1. The highest BCUT2D eigenvalue weighted by Crippen LogP contribution is 2.28. The highest BCUT2D eigenvalue weighted by Gasteiger charge is 2.19. The molecule has 0 atom stereocenters. The lowest BCUT2D eigenvalue weighted by atomic mass is 9.99. The maximum absolute atomic E-state index is 11.9. The fraction of sp³-hybridized carbons (Fsp3) is 0.333. The SMILES string of the molecule is COc1cc(C(=O)C(C)C)c(Cl)cc1/C(N)=N/O. The van der Waals surface area contributed by atoms with E-state index in [1.807, 2.05) is 0 Å². The molecule has 1 aromatic rings. The zero-order valence-electron chi connectivity index (χ0n) is 10.4. The molecule has 0 aliphatic rings. The summed E-state index contributed by atoms with van der Waals surface area (Å²) in [6.07, 6.45) is 0. The van der Waals surface area contributed by atoms with Gasteiger partial charge in [0.2, 0.25) is 0 Å². The molecule has 6 heteroatoms. The van der Waals surface area contributed by atoms with Crippen LogP contribution >= 0.6 is 11.6 Å². The van der Waals surface area contributed by atoms with Crippen LogP contribution in [0, 0.1) is 5.92 Å². The minimum atomic E-state index is -0.179. The first-order valence-electron chi connectivity index (χ1n) is 5.32. The number of carbonyl (C=O) groups excluding carboxylic acids is 1. The third-order valence-electron chi connectivity index (χ3n) is 2.46. The second-order valence-corrected chi connectivity index (χ2v) is 4.44. The Hall–Kier alpha value is -1.75. The highest BCUT2D eigenvalue weighted by atomic mass is 35.5. The van der Waals surface area contributed by atoms with Crippen LogP contribution in [0.3, 0.4) is 0 Å². The molecule has 98 valence electrons. The maximum atomic E-state index is 11.9. The van der Waals surface area contributed by atoms with Gasteiger partial charge in [0.05, 0.1) is 17.7 Å². The zero-order valence-corrected chi connectivity index (χ0v) is 11.2. The summed E-state index contributed by atoms with van der Waals surface area (Å²) in [5.41, 5.74) is 6.20. The number of hydrogen-bond donors (Lipinski definition) is 2. The molecule has 0 bridgehead atoms. The average molecular weight is 271 g/mol. The second-order valence-electron chi connectivity index (χ2n) is 4.04. The van der Waals surface area contributed by atoms with Gasteiger partial charge >= 0.3 is 0 Å². The number of ether oxygens (including phenoxy) is 1. The first kappa shape index (κ1) is 14.3. The molecule has 5 nitrogen and oxygen atoms in total. The Morgan fingerprint density at radius 2 is 2.06 bits per heavy atom. The van der Waals surface area contributed by atoms with Crippen molar-refractivity contribution in [2.45, 2.75) is 13.8 Å². The topological polar surface area (TPSA) is 84.9 Å². The summed E-state index contributed by atoms with van der Waals surface area (Å²) in [5, 5.41) is 11.8. The van der Waals surface area contributed by atoms with Crippen LogP contribution in [0.1, 0.15) is 29.8 Å². The van der Waals surface area contributed by atoms with Crippen LogP contribution in [0.2, 0.25) is 5.02 Å². The minimum Gasteiger partial charge on any atom is -0.496 e. The molecule has 1 aromatic carbocycles. The Labute approximate surface area is 110 Å². The van der Waals surface area contributed by atoms with E-state index in [2.05, 4.69) is 5.16 Å². The van der Waals surface area contributed by atoms with Gasteiger partial charge in [0.1, 0.15) is 5.75 Å². The van der Waals surface area contributed by atoms with Gasteiger partial charge in [0, 0.05) is 11.5 Å². The largest absolute Gasteiger partial charge is 0.496 e. The van der Waals surface area contributed by atoms with Crippen molar-refractivity contribution in [2.24, 2.45) is 16.8 Å². The van der Waals surface area contributed by atoms with Gasteiger partial charge in [-0.05, 0) is 12.1 Å². The van der Waals surface area contributed by atoms with Crippen LogP contribution in [0.4, 0.5) is 0 Å². The molecule has 0 saturated carbocycles. The fourth-order valence-electron chi connectivity index (χ4n) is 1.48. The van der Waals surface area contributed by atoms with E-state index in [4.69, 9.17) is 27.3 Å². The van der Waals surface area contributed by atoms with E-state index >= 15 is 0 Å². The van der Waals surface area contributed by atoms with Crippen molar-refractivity contribution >= 4 is 23.2 Å². The van der Waals surface area contributed by atoms with E-state index in [0.29, 0.717) is 16.9 Å². The Morgan fingerprint density at radius 1 is 1.44 bits per heavy atom. The number of hydrogen-bond acceptors (Lipinski definition) is 4. The Bertz CT molecular complexity index is 498. The Kier molecular flexibility index (Phi) is 4.55. The molecule has 0 unspecified atom stereocenters. The summed E-state index contributed by atoms with van der Waals surface area (Å²) < 4.78 is 5.11. The number of carbonyl (C=O) groups is 1. The molecule has 18 heavy (non-hydrogen) atoms. The molecule has 0 saturated heterocycles. The number of amidine groups is 1. The predicted molar refractivity (Wildman–Crippen MR) is 69.7 cm³/mol. The van der Waals surface area contributed by atoms with Gasteiger partial charge in [-0.2, -0.15) is 0 Å². The summed E-state index contributed by atoms with van der Waals surface area (Å²) in [6, 6.07) is 2.95. The van der Waals surface area contributed by atoms with Crippen molar-refractivity contribution in [3.05, 3.63) is 28.3 Å². The smallest absolute Gasteiger partial charge is 0.173 e. The van der Waals surface area contributed by atoms with Crippen molar-refractivity contribution in [3.8, 4) is 5.75 Å². The third-order valence-corrected chi connectivity index (χ3v) is 2.78. The van der Waals surface area contributed by atoms with Crippen molar-refractivity contribution in [3.63, 3.8) is 0 Å². The molecule has 0 aromatic heterocycles. The third kappa shape index (κ3) is 2.73. The first-order chi connectivity index (χ1) is 8.42. The fourth-order valence-corrected chi connectivity index (χ4v) is 1.73. The molecule has 0 aliphatic carbocycles. The maximum Gasteiger partial charge on any atom is 0.173 e. The zero-order chi connectivity index (χ0) is 13.9. The summed E-state index contributed by atoms with van der Waals surface area (Å²) in [4.78, 5) is 11.9. The predicted octanol–water partition coefficient (Wildman–Crippen LogP) is 2.28. The molecular weight excluding hydrogens is 256 g/mol. The monoisotopic (exact) mass is 270 g/mol. The second kappa shape index (κ2) is 5.73. The lowest BCUT2D eigenvalue weighted by Crippen LogP contribution is -2.16. The molecular formula is C12H15ClN2O3. The highest BCUT2D eigenvalue weighted by molar-refractivity contribution is 6.34. The summed E-state index contributed by atoms with van der Waals surface area (Å²) in [7, 11) is 1.43. The van der Waals surface area contributed by atoms with E-state index in [-0.39, 0.29) is 22.6 Å². The van der Waals surface area contributed by atoms with E-state index in [0.717, 1.165) is 0 Å².